The van der Waals surface area contributed by atoms with Gasteiger partial charge in [-0.1, -0.05) is 20.8 Å². The molecule has 0 aliphatic heterocycles. The molecule has 1 aliphatic rings. The number of rotatable bonds is 7. The summed E-state index contributed by atoms with van der Waals surface area (Å²) in [7, 11) is 0. The first kappa shape index (κ1) is 14.3. The van der Waals surface area contributed by atoms with Crippen molar-refractivity contribution in [1.82, 2.24) is 4.98 Å². The first-order chi connectivity index (χ1) is 9.03. The maximum atomic E-state index is 11.6. The summed E-state index contributed by atoms with van der Waals surface area (Å²) >= 11 is 1.51. The summed E-state index contributed by atoms with van der Waals surface area (Å²) in [5.74, 6) is 0.801. The lowest BCUT2D eigenvalue weighted by Crippen LogP contribution is -2.34. The minimum Gasteiger partial charge on any atom is -0.481 e. The van der Waals surface area contributed by atoms with Gasteiger partial charge in [-0.25, -0.2) is 4.98 Å². The molecule has 1 heterocycles. The van der Waals surface area contributed by atoms with Gasteiger partial charge < -0.3 is 10.4 Å². The molecule has 0 spiro atoms. The second-order valence-corrected chi connectivity index (χ2v) is 6.34. The second-order valence-electron chi connectivity index (χ2n) is 5.49. The zero-order chi connectivity index (χ0) is 14.0. The molecule has 1 aromatic rings. The Bertz CT molecular complexity index is 454. The van der Waals surface area contributed by atoms with E-state index in [-0.39, 0.29) is 0 Å². The summed E-state index contributed by atoms with van der Waals surface area (Å²) in [5.41, 5.74) is -0.134. The highest BCUT2D eigenvalue weighted by atomic mass is 32.1. The number of aliphatic carboxylic acids is 1. The van der Waals surface area contributed by atoms with E-state index in [0.29, 0.717) is 18.5 Å². The van der Waals surface area contributed by atoms with Crippen molar-refractivity contribution in [1.29, 1.82) is 0 Å². The maximum absolute atomic E-state index is 11.6. The molecule has 0 aromatic carbocycles. The number of thiazole rings is 1. The molecule has 1 saturated carbocycles. The third kappa shape index (κ3) is 2.76. The normalized spacial score (nSPS) is 22.3. The van der Waals surface area contributed by atoms with Crippen molar-refractivity contribution in [2.45, 2.75) is 45.4 Å². The molecule has 4 nitrogen and oxygen atoms in total. The van der Waals surface area contributed by atoms with Crippen LogP contribution in [0.25, 0.3) is 0 Å². The van der Waals surface area contributed by atoms with E-state index in [2.05, 4.69) is 17.2 Å². The monoisotopic (exact) mass is 282 g/mol. The first-order valence-electron chi connectivity index (χ1n) is 6.96. The summed E-state index contributed by atoms with van der Waals surface area (Å²) in [6.45, 7) is 7.03. The van der Waals surface area contributed by atoms with Crippen LogP contribution in [0.15, 0.2) is 5.38 Å². The molecule has 1 aromatic heterocycles. The molecular formula is C14H22N2O2S. The van der Waals surface area contributed by atoms with E-state index < -0.39 is 11.4 Å². The Morgan fingerprint density at radius 3 is 2.68 bits per heavy atom. The lowest BCUT2D eigenvalue weighted by molar-refractivity contribution is -0.144. The third-order valence-corrected chi connectivity index (χ3v) is 5.20. The van der Waals surface area contributed by atoms with E-state index in [1.807, 2.05) is 19.2 Å². The molecule has 0 bridgehead atoms. The number of nitrogens with zero attached hydrogens (tertiary/aromatic N) is 1. The number of carboxylic acids is 1. The lowest BCUT2D eigenvalue weighted by atomic mass is 9.80. The average molecular weight is 282 g/mol. The van der Waals surface area contributed by atoms with Crippen molar-refractivity contribution < 1.29 is 9.90 Å². The van der Waals surface area contributed by atoms with Crippen molar-refractivity contribution in [3.63, 3.8) is 0 Å². The van der Waals surface area contributed by atoms with Gasteiger partial charge in [0.1, 0.15) is 5.41 Å². The fraction of sp³-hybridized carbons (Fsp3) is 0.714. The van der Waals surface area contributed by atoms with Gasteiger partial charge in [0, 0.05) is 11.9 Å². The van der Waals surface area contributed by atoms with Gasteiger partial charge in [-0.3, -0.25) is 4.79 Å². The summed E-state index contributed by atoms with van der Waals surface area (Å²) in [6, 6.07) is 0. The highest BCUT2D eigenvalue weighted by molar-refractivity contribution is 7.13. The van der Waals surface area contributed by atoms with Crippen LogP contribution >= 0.6 is 11.3 Å². The quantitative estimate of drug-likeness (QED) is 0.805. The Morgan fingerprint density at radius 2 is 2.21 bits per heavy atom. The van der Waals surface area contributed by atoms with Crippen molar-refractivity contribution in [3.8, 4) is 0 Å². The van der Waals surface area contributed by atoms with Crippen LogP contribution in [0.5, 0.6) is 0 Å². The number of aromatic nitrogens is 1. The van der Waals surface area contributed by atoms with Gasteiger partial charge in [0.05, 0.1) is 5.69 Å². The molecule has 0 radical (unpaired) electrons. The van der Waals surface area contributed by atoms with Crippen molar-refractivity contribution >= 4 is 22.4 Å². The second kappa shape index (κ2) is 5.49. The van der Waals surface area contributed by atoms with Gasteiger partial charge in [-0.15, -0.1) is 11.3 Å². The van der Waals surface area contributed by atoms with Crippen LogP contribution in [-0.4, -0.2) is 22.6 Å². The zero-order valence-corrected chi connectivity index (χ0v) is 12.6. The minimum absolute atomic E-state index is 0.571. The topological polar surface area (TPSA) is 62.2 Å². The maximum Gasteiger partial charge on any atom is 0.315 e. The largest absolute Gasteiger partial charge is 0.481 e. The number of carbonyl (C=O) groups is 1. The van der Waals surface area contributed by atoms with Crippen LogP contribution in [0.1, 0.15) is 45.7 Å². The van der Waals surface area contributed by atoms with Gasteiger partial charge in [0.25, 0.3) is 0 Å². The molecule has 2 unspecified atom stereocenters. The van der Waals surface area contributed by atoms with Crippen LogP contribution in [0.2, 0.25) is 0 Å². The van der Waals surface area contributed by atoms with E-state index in [1.165, 1.54) is 17.8 Å². The lowest BCUT2D eigenvalue weighted by Gasteiger charge is -2.24. The molecule has 1 aliphatic carbocycles. The van der Waals surface area contributed by atoms with E-state index in [9.17, 15) is 9.90 Å². The van der Waals surface area contributed by atoms with Crippen LogP contribution in [-0.2, 0) is 10.2 Å². The van der Waals surface area contributed by atoms with Gasteiger partial charge in [0.15, 0.2) is 5.13 Å². The highest BCUT2D eigenvalue weighted by Gasteiger charge is 2.39. The molecule has 106 valence electrons. The number of anilines is 1. The predicted octanol–water partition coefficient (Wildman–Crippen LogP) is 3.35. The number of nitrogens with one attached hydrogen (secondary N) is 1. The van der Waals surface area contributed by atoms with Crippen LogP contribution in [0.4, 0.5) is 5.13 Å². The molecule has 5 heteroatoms. The summed E-state index contributed by atoms with van der Waals surface area (Å²) < 4.78 is 0. The zero-order valence-electron chi connectivity index (χ0n) is 11.8. The Labute approximate surface area is 118 Å². The molecule has 2 rings (SSSR count). The smallest absolute Gasteiger partial charge is 0.315 e. The molecule has 0 amide bonds. The van der Waals surface area contributed by atoms with E-state index in [1.54, 1.807) is 0 Å². The number of hydrogen-bond donors (Lipinski definition) is 2. The summed E-state index contributed by atoms with van der Waals surface area (Å²) in [4.78, 5) is 16.1. The fourth-order valence-corrected chi connectivity index (χ4v) is 3.32. The van der Waals surface area contributed by atoms with Crippen molar-refractivity contribution in [3.05, 3.63) is 11.1 Å². The van der Waals surface area contributed by atoms with Crippen molar-refractivity contribution in [2.75, 3.05) is 11.9 Å². The van der Waals surface area contributed by atoms with Gasteiger partial charge in [-0.2, -0.15) is 0 Å². The Hall–Kier alpha value is -1.10. The van der Waals surface area contributed by atoms with Gasteiger partial charge in [0.2, 0.25) is 0 Å². The van der Waals surface area contributed by atoms with Gasteiger partial charge in [-0.05, 0) is 31.1 Å². The van der Waals surface area contributed by atoms with Gasteiger partial charge >= 0.3 is 5.97 Å². The van der Waals surface area contributed by atoms with Crippen LogP contribution < -0.4 is 5.32 Å². The Balaban J connectivity index is 2.07. The van der Waals surface area contributed by atoms with Crippen LogP contribution in [0.3, 0.4) is 0 Å². The van der Waals surface area contributed by atoms with Crippen molar-refractivity contribution in [2.24, 2.45) is 11.8 Å². The number of hydrogen-bond acceptors (Lipinski definition) is 4. The standard InChI is InChI=1S/C14H22N2O2S/c1-4-14(5-2,12(17)18)11-8-19-13(16-11)15-7-10-6-9(10)3/h8-10H,4-7H2,1-3H3,(H,15,16)(H,17,18). The molecule has 0 saturated heterocycles. The minimum atomic E-state index is -0.830. The average Bonchev–Trinajstić information content (AvgIpc) is 2.90. The SMILES string of the molecule is CCC(CC)(C(=O)O)c1csc(NCC2CC2C)n1. The molecular weight excluding hydrogens is 260 g/mol. The highest BCUT2D eigenvalue weighted by Crippen LogP contribution is 2.38. The Morgan fingerprint density at radius 1 is 1.58 bits per heavy atom. The first-order valence-corrected chi connectivity index (χ1v) is 7.84. The molecule has 19 heavy (non-hydrogen) atoms. The summed E-state index contributed by atoms with van der Waals surface area (Å²) in [5, 5.41) is 15.6. The molecule has 2 atom stereocenters. The molecule has 1 fully saturated rings. The van der Waals surface area contributed by atoms with E-state index >= 15 is 0 Å². The fourth-order valence-electron chi connectivity index (χ4n) is 2.50. The summed E-state index contributed by atoms with van der Waals surface area (Å²) in [6.07, 6.45) is 2.43. The number of carboxylic acid groups (broad SMARTS) is 1. The van der Waals surface area contributed by atoms with E-state index in [4.69, 9.17) is 0 Å². The van der Waals surface area contributed by atoms with E-state index in [0.717, 1.165) is 23.5 Å². The third-order valence-electron chi connectivity index (χ3n) is 4.40. The predicted molar refractivity (Wildman–Crippen MR) is 77.8 cm³/mol. The Kier molecular flexibility index (Phi) is 4.13. The molecule has 2 N–H and O–H groups in total. The van der Waals surface area contributed by atoms with Crippen LogP contribution in [0, 0.1) is 11.8 Å².